The zero-order valence-electron chi connectivity index (χ0n) is 12.3. The minimum atomic E-state index is 0.114. The van der Waals surface area contributed by atoms with Crippen LogP contribution in [0.25, 0.3) is 10.2 Å². The lowest BCUT2D eigenvalue weighted by atomic mass is 10.1. The van der Waals surface area contributed by atoms with Gasteiger partial charge in [0, 0.05) is 34.6 Å². The lowest BCUT2D eigenvalue weighted by Crippen LogP contribution is -2.17. The standard InChI is InChI=1S/C14H16ClN5S2/c1-7(16)3-10-8(2)11-12(22-10)13(20-14(15)19-11)17-4-9-5-18-21-6-9/h5-7H,3-4,16H2,1-2H3,(H,17,19,20)/t7-/m0/s1. The van der Waals surface area contributed by atoms with Crippen LogP contribution in [0.2, 0.25) is 5.28 Å². The molecule has 0 saturated carbocycles. The van der Waals surface area contributed by atoms with Crippen LogP contribution in [0.15, 0.2) is 11.6 Å². The smallest absolute Gasteiger partial charge is 0.224 e. The van der Waals surface area contributed by atoms with Gasteiger partial charge in [0.15, 0.2) is 0 Å². The molecular formula is C14H16ClN5S2. The molecule has 0 amide bonds. The summed E-state index contributed by atoms with van der Waals surface area (Å²) in [6.07, 6.45) is 2.68. The van der Waals surface area contributed by atoms with E-state index in [0.717, 1.165) is 33.6 Å². The molecular weight excluding hydrogens is 338 g/mol. The molecule has 3 aromatic heterocycles. The van der Waals surface area contributed by atoms with E-state index in [1.165, 1.54) is 16.4 Å². The summed E-state index contributed by atoms with van der Waals surface area (Å²) in [5.41, 5.74) is 9.10. The maximum absolute atomic E-state index is 6.08. The van der Waals surface area contributed by atoms with Crippen molar-refractivity contribution in [2.24, 2.45) is 5.73 Å². The lowest BCUT2D eigenvalue weighted by molar-refractivity contribution is 0.744. The van der Waals surface area contributed by atoms with Gasteiger partial charge in [-0.25, -0.2) is 9.36 Å². The molecule has 116 valence electrons. The average Bonchev–Trinajstić information content (AvgIpc) is 3.07. The molecule has 1 atom stereocenters. The molecule has 0 aliphatic rings. The number of halogens is 1. The normalized spacial score (nSPS) is 12.7. The Labute approximate surface area is 141 Å². The minimum absolute atomic E-state index is 0.114. The van der Waals surface area contributed by atoms with E-state index in [2.05, 4.69) is 26.6 Å². The first-order valence-electron chi connectivity index (χ1n) is 6.88. The summed E-state index contributed by atoms with van der Waals surface area (Å²) in [7, 11) is 0. The first-order valence-corrected chi connectivity index (χ1v) is 8.91. The molecule has 5 nitrogen and oxygen atoms in total. The van der Waals surface area contributed by atoms with E-state index in [9.17, 15) is 0 Å². The predicted molar refractivity (Wildman–Crippen MR) is 94.0 cm³/mol. The number of nitrogens with two attached hydrogens (primary N) is 1. The van der Waals surface area contributed by atoms with E-state index in [1.807, 2.05) is 18.5 Å². The van der Waals surface area contributed by atoms with Crippen molar-refractivity contribution in [3.05, 3.63) is 32.9 Å². The van der Waals surface area contributed by atoms with Crippen LogP contribution in [-0.4, -0.2) is 20.4 Å². The van der Waals surface area contributed by atoms with Gasteiger partial charge in [0.1, 0.15) is 5.82 Å². The van der Waals surface area contributed by atoms with Gasteiger partial charge in [-0.3, -0.25) is 0 Å². The van der Waals surface area contributed by atoms with Crippen molar-refractivity contribution in [3.63, 3.8) is 0 Å². The van der Waals surface area contributed by atoms with Gasteiger partial charge in [0.2, 0.25) is 5.28 Å². The van der Waals surface area contributed by atoms with Crippen LogP contribution in [0.3, 0.4) is 0 Å². The number of hydrogen-bond donors (Lipinski definition) is 2. The number of thiophene rings is 1. The third-order valence-corrected chi connectivity index (χ3v) is 5.40. The van der Waals surface area contributed by atoms with Crippen LogP contribution in [-0.2, 0) is 13.0 Å². The van der Waals surface area contributed by atoms with E-state index < -0.39 is 0 Å². The molecule has 3 N–H and O–H groups in total. The SMILES string of the molecule is Cc1c(C[C@H](C)N)sc2c(NCc3cnsc3)nc(Cl)nc12. The number of aromatic nitrogens is 3. The molecule has 8 heteroatoms. The highest BCUT2D eigenvalue weighted by molar-refractivity contribution is 7.19. The van der Waals surface area contributed by atoms with E-state index >= 15 is 0 Å². The number of nitrogens with zero attached hydrogens (tertiary/aromatic N) is 3. The second kappa shape index (κ2) is 6.45. The molecule has 0 aliphatic heterocycles. The molecule has 0 fully saturated rings. The number of hydrogen-bond acceptors (Lipinski definition) is 7. The van der Waals surface area contributed by atoms with Gasteiger partial charge < -0.3 is 11.1 Å². The zero-order valence-corrected chi connectivity index (χ0v) is 14.6. The van der Waals surface area contributed by atoms with Crippen molar-refractivity contribution < 1.29 is 0 Å². The topological polar surface area (TPSA) is 76.7 Å². The van der Waals surface area contributed by atoms with E-state index in [0.29, 0.717) is 6.54 Å². The van der Waals surface area contributed by atoms with Crippen LogP contribution in [0.1, 0.15) is 22.9 Å². The molecule has 3 aromatic rings. The summed E-state index contributed by atoms with van der Waals surface area (Å²) in [6, 6.07) is 0.114. The maximum Gasteiger partial charge on any atom is 0.224 e. The summed E-state index contributed by atoms with van der Waals surface area (Å²) >= 11 is 9.20. The molecule has 0 bridgehead atoms. The Morgan fingerprint density at radius 1 is 1.41 bits per heavy atom. The van der Waals surface area contributed by atoms with E-state index in [4.69, 9.17) is 17.3 Å². The second-order valence-electron chi connectivity index (χ2n) is 5.24. The Kier molecular flexibility index (Phi) is 4.58. The fourth-order valence-corrected chi connectivity index (χ4v) is 4.27. The van der Waals surface area contributed by atoms with E-state index in [-0.39, 0.29) is 11.3 Å². The summed E-state index contributed by atoms with van der Waals surface area (Å²) in [4.78, 5) is 9.96. The maximum atomic E-state index is 6.08. The quantitative estimate of drug-likeness (QED) is 0.685. The first kappa shape index (κ1) is 15.6. The summed E-state index contributed by atoms with van der Waals surface area (Å²) in [5, 5.41) is 5.60. The molecule has 0 unspecified atom stereocenters. The van der Waals surface area contributed by atoms with Crippen LogP contribution >= 0.6 is 34.5 Å². The van der Waals surface area contributed by atoms with Gasteiger partial charge in [-0.05, 0) is 49.0 Å². The van der Waals surface area contributed by atoms with Crippen molar-refractivity contribution in [2.75, 3.05) is 5.32 Å². The number of anilines is 1. The van der Waals surface area contributed by atoms with Gasteiger partial charge in [-0.1, -0.05) is 0 Å². The Bertz CT molecular complexity index is 782. The van der Waals surface area contributed by atoms with Gasteiger partial charge in [-0.2, -0.15) is 4.98 Å². The fourth-order valence-electron chi connectivity index (χ4n) is 2.21. The van der Waals surface area contributed by atoms with Crippen LogP contribution in [0, 0.1) is 6.92 Å². The Morgan fingerprint density at radius 2 is 2.23 bits per heavy atom. The molecule has 0 saturated heterocycles. The van der Waals surface area contributed by atoms with E-state index in [1.54, 1.807) is 11.3 Å². The van der Waals surface area contributed by atoms with Crippen molar-refractivity contribution in [2.45, 2.75) is 32.9 Å². The molecule has 22 heavy (non-hydrogen) atoms. The highest BCUT2D eigenvalue weighted by atomic mass is 35.5. The highest BCUT2D eigenvalue weighted by Crippen LogP contribution is 2.35. The monoisotopic (exact) mass is 353 g/mol. The highest BCUT2D eigenvalue weighted by Gasteiger charge is 2.16. The molecule has 0 aromatic carbocycles. The van der Waals surface area contributed by atoms with Gasteiger partial charge in [-0.15, -0.1) is 11.3 Å². The number of nitrogens with one attached hydrogen (secondary N) is 1. The largest absolute Gasteiger partial charge is 0.365 e. The summed E-state index contributed by atoms with van der Waals surface area (Å²) < 4.78 is 5.13. The number of rotatable bonds is 5. The zero-order chi connectivity index (χ0) is 15.7. The molecule has 0 spiro atoms. The third kappa shape index (κ3) is 3.22. The van der Waals surface area contributed by atoms with Crippen LogP contribution in [0.5, 0.6) is 0 Å². The van der Waals surface area contributed by atoms with Crippen LogP contribution < -0.4 is 11.1 Å². The Morgan fingerprint density at radius 3 is 2.91 bits per heavy atom. The van der Waals surface area contributed by atoms with Gasteiger partial charge in [0.05, 0.1) is 10.2 Å². The molecule has 3 heterocycles. The number of fused-ring (bicyclic) bond motifs is 1. The van der Waals surface area contributed by atoms with Crippen molar-refractivity contribution in [1.29, 1.82) is 0 Å². The van der Waals surface area contributed by atoms with Crippen molar-refractivity contribution in [1.82, 2.24) is 14.3 Å². The summed E-state index contributed by atoms with van der Waals surface area (Å²) in [5.74, 6) is 0.769. The van der Waals surface area contributed by atoms with Crippen molar-refractivity contribution >= 4 is 50.5 Å². The predicted octanol–water partition coefficient (Wildman–Crippen LogP) is 3.61. The molecule has 3 rings (SSSR count). The Balaban J connectivity index is 1.98. The van der Waals surface area contributed by atoms with Gasteiger partial charge >= 0.3 is 0 Å². The summed E-state index contributed by atoms with van der Waals surface area (Å²) in [6.45, 7) is 4.73. The average molecular weight is 354 g/mol. The molecule has 0 aliphatic carbocycles. The minimum Gasteiger partial charge on any atom is -0.365 e. The first-order chi connectivity index (χ1) is 10.5. The van der Waals surface area contributed by atoms with Crippen molar-refractivity contribution in [3.8, 4) is 0 Å². The Hall–Kier alpha value is -1.28. The fraction of sp³-hybridized carbons (Fsp3) is 0.357. The second-order valence-corrected chi connectivity index (χ2v) is 7.34. The van der Waals surface area contributed by atoms with Crippen LogP contribution in [0.4, 0.5) is 5.82 Å². The molecule has 0 radical (unpaired) electrons. The lowest BCUT2D eigenvalue weighted by Gasteiger charge is -2.05. The number of aryl methyl sites for hydroxylation is 1. The van der Waals surface area contributed by atoms with Gasteiger partial charge in [0.25, 0.3) is 0 Å². The third-order valence-electron chi connectivity index (χ3n) is 3.29.